The predicted molar refractivity (Wildman–Crippen MR) is 119 cm³/mol. The van der Waals surface area contributed by atoms with Crippen molar-refractivity contribution in [2.45, 2.75) is 12.5 Å². The molecule has 1 fully saturated rings. The third-order valence-electron chi connectivity index (χ3n) is 5.24. The highest BCUT2D eigenvalue weighted by atomic mass is 79.9. The first-order chi connectivity index (χ1) is 13.7. The van der Waals surface area contributed by atoms with Gasteiger partial charge in [0.1, 0.15) is 0 Å². The van der Waals surface area contributed by atoms with E-state index >= 15 is 0 Å². The average Bonchev–Trinajstić information content (AvgIpc) is 3.24. The highest BCUT2D eigenvalue weighted by Crippen LogP contribution is 2.30. The first-order valence-corrected chi connectivity index (χ1v) is 11.2. The highest BCUT2D eigenvalue weighted by Gasteiger charge is 2.28. The van der Waals surface area contributed by atoms with Crippen molar-refractivity contribution in [1.82, 2.24) is 9.80 Å². The van der Waals surface area contributed by atoms with Crippen LogP contribution in [0, 0.1) is 0 Å². The van der Waals surface area contributed by atoms with Gasteiger partial charge in [-0.1, -0.05) is 64.5 Å². The number of carbonyl (C=O) groups excluding carboxylic acids is 1. The molecule has 1 amide bonds. The van der Waals surface area contributed by atoms with Crippen molar-refractivity contribution >= 4 is 33.2 Å². The fourth-order valence-electron chi connectivity index (χ4n) is 3.80. The molecular formula is C23H23BrN2OS. The number of rotatable bonds is 5. The first-order valence-electron chi connectivity index (χ1n) is 9.55. The van der Waals surface area contributed by atoms with E-state index in [-0.39, 0.29) is 11.9 Å². The van der Waals surface area contributed by atoms with Crippen molar-refractivity contribution in [3.63, 3.8) is 0 Å². The molecule has 1 aliphatic rings. The van der Waals surface area contributed by atoms with Crippen LogP contribution in [0.15, 0.2) is 76.6 Å². The van der Waals surface area contributed by atoms with Crippen molar-refractivity contribution in [3.05, 3.63) is 92.6 Å². The molecule has 1 aliphatic heterocycles. The fraction of sp³-hybridized carbons (Fsp3) is 0.261. The molecular weight excluding hydrogens is 432 g/mol. The monoisotopic (exact) mass is 454 g/mol. The molecule has 0 saturated carbocycles. The molecule has 0 unspecified atom stereocenters. The zero-order valence-corrected chi connectivity index (χ0v) is 18.0. The van der Waals surface area contributed by atoms with E-state index in [4.69, 9.17) is 0 Å². The standard InChI is InChI=1S/C23H23BrN2OS/c24-20-10-8-19(9-11-20)23(18-5-2-1-3-6-18)26-14-12-25(13-15-26)22(27)17-21-7-4-16-28-21/h1-11,16,23H,12-15,17H2/t23-/m1/s1. The third-order valence-corrected chi connectivity index (χ3v) is 6.64. The molecule has 0 radical (unpaired) electrons. The summed E-state index contributed by atoms with van der Waals surface area (Å²) in [7, 11) is 0. The maximum Gasteiger partial charge on any atom is 0.227 e. The van der Waals surface area contributed by atoms with Crippen LogP contribution < -0.4 is 0 Å². The molecule has 2 aromatic carbocycles. The average molecular weight is 455 g/mol. The number of amides is 1. The van der Waals surface area contributed by atoms with Gasteiger partial charge < -0.3 is 4.90 Å². The number of halogens is 1. The van der Waals surface area contributed by atoms with E-state index < -0.39 is 0 Å². The Labute approximate surface area is 178 Å². The van der Waals surface area contributed by atoms with Crippen molar-refractivity contribution < 1.29 is 4.79 Å². The summed E-state index contributed by atoms with van der Waals surface area (Å²) < 4.78 is 1.09. The topological polar surface area (TPSA) is 23.6 Å². The number of carbonyl (C=O) groups is 1. The Bertz CT molecular complexity index is 888. The van der Waals surface area contributed by atoms with E-state index in [1.54, 1.807) is 11.3 Å². The van der Waals surface area contributed by atoms with Crippen LogP contribution >= 0.6 is 27.3 Å². The van der Waals surface area contributed by atoms with Crippen LogP contribution in [0.2, 0.25) is 0 Å². The largest absolute Gasteiger partial charge is 0.340 e. The Kier molecular flexibility index (Phi) is 6.25. The summed E-state index contributed by atoms with van der Waals surface area (Å²) in [6.45, 7) is 3.33. The van der Waals surface area contributed by atoms with E-state index in [1.165, 1.54) is 11.1 Å². The van der Waals surface area contributed by atoms with Gasteiger partial charge in [0.05, 0.1) is 12.5 Å². The van der Waals surface area contributed by atoms with Gasteiger partial charge in [-0.25, -0.2) is 0 Å². The zero-order chi connectivity index (χ0) is 19.3. The number of piperazine rings is 1. The molecule has 0 bridgehead atoms. The third kappa shape index (κ3) is 4.54. The lowest BCUT2D eigenvalue weighted by molar-refractivity contribution is -0.132. The predicted octanol–water partition coefficient (Wildman–Crippen LogP) is 4.99. The molecule has 1 atom stereocenters. The SMILES string of the molecule is O=C(Cc1cccs1)N1CCN([C@H](c2ccccc2)c2ccc(Br)cc2)CC1. The van der Waals surface area contributed by atoms with Crippen LogP contribution in [0.4, 0.5) is 0 Å². The quantitative estimate of drug-likeness (QED) is 0.542. The molecule has 3 aromatic rings. The second-order valence-corrected chi connectivity index (χ2v) is 8.99. The van der Waals surface area contributed by atoms with E-state index in [0.717, 1.165) is 35.5 Å². The van der Waals surface area contributed by atoms with Gasteiger partial charge in [-0.2, -0.15) is 0 Å². The van der Waals surface area contributed by atoms with Crippen LogP contribution in [0.5, 0.6) is 0 Å². The molecule has 4 rings (SSSR count). The minimum atomic E-state index is 0.212. The van der Waals surface area contributed by atoms with Gasteiger partial charge in [0.2, 0.25) is 5.91 Å². The second-order valence-electron chi connectivity index (χ2n) is 7.04. The zero-order valence-electron chi connectivity index (χ0n) is 15.6. The van der Waals surface area contributed by atoms with Gasteiger partial charge in [0.15, 0.2) is 0 Å². The van der Waals surface area contributed by atoms with Crippen molar-refractivity contribution in [1.29, 1.82) is 0 Å². The van der Waals surface area contributed by atoms with Gasteiger partial charge in [0, 0.05) is 35.5 Å². The summed E-state index contributed by atoms with van der Waals surface area (Å²) in [4.78, 5) is 18.3. The minimum Gasteiger partial charge on any atom is -0.340 e. The lowest BCUT2D eigenvalue weighted by Gasteiger charge is -2.39. The summed E-state index contributed by atoms with van der Waals surface area (Å²) in [5, 5.41) is 2.03. The summed E-state index contributed by atoms with van der Waals surface area (Å²) in [6, 6.07) is 23.5. The Balaban J connectivity index is 1.48. The number of nitrogens with zero attached hydrogens (tertiary/aromatic N) is 2. The molecule has 2 heterocycles. The summed E-state index contributed by atoms with van der Waals surface area (Å²) >= 11 is 5.19. The smallest absolute Gasteiger partial charge is 0.227 e. The molecule has 144 valence electrons. The van der Waals surface area contributed by atoms with Gasteiger partial charge in [-0.15, -0.1) is 11.3 Å². The minimum absolute atomic E-state index is 0.212. The Morgan fingerprint density at radius 1 is 0.893 bits per heavy atom. The number of hydrogen-bond donors (Lipinski definition) is 0. The highest BCUT2D eigenvalue weighted by molar-refractivity contribution is 9.10. The Morgan fingerprint density at radius 2 is 1.57 bits per heavy atom. The lowest BCUT2D eigenvalue weighted by atomic mass is 9.96. The Morgan fingerprint density at radius 3 is 2.21 bits per heavy atom. The van der Waals surface area contributed by atoms with E-state index in [2.05, 4.69) is 75.4 Å². The molecule has 5 heteroatoms. The summed E-state index contributed by atoms with van der Waals surface area (Å²) in [5.41, 5.74) is 2.58. The van der Waals surface area contributed by atoms with Crippen LogP contribution in [0.1, 0.15) is 22.0 Å². The van der Waals surface area contributed by atoms with Crippen LogP contribution in [0.25, 0.3) is 0 Å². The summed E-state index contributed by atoms with van der Waals surface area (Å²) in [5.74, 6) is 0.238. The van der Waals surface area contributed by atoms with Gasteiger partial charge in [0.25, 0.3) is 0 Å². The van der Waals surface area contributed by atoms with E-state index in [0.29, 0.717) is 6.42 Å². The Hall–Kier alpha value is -1.95. The van der Waals surface area contributed by atoms with E-state index in [9.17, 15) is 4.79 Å². The van der Waals surface area contributed by atoms with Crippen molar-refractivity contribution in [2.75, 3.05) is 26.2 Å². The molecule has 0 aliphatic carbocycles. The normalized spacial score (nSPS) is 16.1. The molecule has 1 aromatic heterocycles. The van der Waals surface area contributed by atoms with Gasteiger partial charge in [-0.3, -0.25) is 9.69 Å². The van der Waals surface area contributed by atoms with Gasteiger partial charge in [-0.05, 0) is 34.7 Å². The number of hydrogen-bond acceptors (Lipinski definition) is 3. The molecule has 28 heavy (non-hydrogen) atoms. The fourth-order valence-corrected chi connectivity index (χ4v) is 4.76. The number of thiophene rings is 1. The maximum atomic E-state index is 12.6. The molecule has 0 N–H and O–H groups in total. The molecule has 1 saturated heterocycles. The van der Waals surface area contributed by atoms with E-state index in [1.807, 2.05) is 22.4 Å². The maximum absolute atomic E-state index is 12.6. The first kappa shape index (κ1) is 19.4. The lowest BCUT2D eigenvalue weighted by Crippen LogP contribution is -2.50. The molecule has 3 nitrogen and oxygen atoms in total. The second kappa shape index (κ2) is 9.03. The molecule has 0 spiro atoms. The van der Waals surface area contributed by atoms with Crippen LogP contribution in [0.3, 0.4) is 0 Å². The van der Waals surface area contributed by atoms with Crippen LogP contribution in [-0.4, -0.2) is 41.9 Å². The van der Waals surface area contributed by atoms with Crippen molar-refractivity contribution in [3.8, 4) is 0 Å². The summed E-state index contributed by atoms with van der Waals surface area (Å²) in [6.07, 6.45) is 0.520. The van der Waals surface area contributed by atoms with Crippen LogP contribution in [-0.2, 0) is 11.2 Å². The number of benzene rings is 2. The van der Waals surface area contributed by atoms with Crippen molar-refractivity contribution in [2.24, 2.45) is 0 Å². The van der Waals surface area contributed by atoms with Gasteiger partial charge >= 0.3 is 0 Å².